The number of fused-ring (bicyclic) bond motifs is 1. The molecule has 1 heterocycles. The van der Waals surface area contributed by atoms with Crippen LogP contribution in [0.25, 0.3) is 0 Å². The van der Waals surface area contributed by atoms with Crippen molar-refractivity contribution >= 4 is 11.8 Å². The summed E-state index contributed by atoms with van der Waals surface area (Å²) in [5.41, 5.74) is 3.07. The van der Waals surface area contributed by atoms with Gasteiger partial charge < -0.3 is 4.90 Å². The third-order valence-electron chi connectivity index (χ3n) is 3.61. The molecule has 1 aliphatic heterocycles. The molecular weight excluding hydrogens is 226 g/mol. The van der Waals surface area contributed by atoms with E-state index in [0.29, 0.717) is 6.04 Å². The zero-order valence-electron chi connectivity index (χ0n) is 11.2. The molecule has 0 atom stereocenters. The van der Waals surface area contributed by atoms with Gasteiger partial charge in [-0.05, 0) is 63.1 Å². The van der Waals surface area contributed by atoms with Crippen molar-refractivity contribution in [2.45, 2.75) is 44.0 Å². The Morgan fingerprint density at radius 2 is 2.18 bits per heavy atom. The number of hydrogen-bond donors (Lipinski definition) is 0. The number of thioether (sulfide) groups is 1. The maximum Gasteiger partial charge on any atom is 0.0104 e. The Kier molecular flexibility index (Phi) is 4.52. The molecule has 1 aromatic carbocycles. The van der Waals surface area contributed by atoms with E-state index < -0.39 is 0 Å². The largest absolute Gasteiger partial charge is 0.304 e. The molecule has 17 heavy (non-hydrogen) atoms. The van der Waals surface area contributed by atoms with E-state index in [9.17, 15) is 0 Å². The second kappa shape index (κ2) is 5.92. The Morgan fingerprint density at radius 3 is 2.94 bits per heavy atom. The number of benzene rings is 1. The highest BCUT2D eigenvalue weighted by atomic mass is 32.2. The van der Waals surface area contributed by atoms with Crippen LogP contribution in [-0.4, -0.2) is 30.3 Å². The molecule has 0 spiro atoms. The normalized spacial score (nSPS) is 15.4. The van der Waals surface area contributed by atoms with Gasteiger partial charge in [0, 0.05) is 17.5 Å². The van der Waals surface area contributed by atoms with Gasteiger partial charge in [-0.1, -0.05) is 12.1 Å². The molecule has 0 aliphatic carbocycles. The lowest BCUT2D eigenvalue weighted by Gasteiger charge is -2.21. The van der Waals surface area contributed by atoms with Crippen molar-refractivity contribution in [1.82, 2.24) is 4.90 Å². The first-order valence-electron chi connectivity index (χ1n) is 6.61. The van der Waals surface area contributed by atoms with Crippen molar-refractivity contribution in [2.75, 3.05) is 19.3 Å². The summed E-state index contributed by atoms with van der Waals surface area (Å²) in [5, 5.41) is 0. The van der Waals surface area contributed by atoms with Crippen molar-refractivity contribution in [3.05, 3.63) is 29.3 Å². The van der Waals surface area contributed by atoms with Gasteiger partial charge in [0.1, 0.15) is 0 Å². The van der Waals surface area contributed by atoms with Crippen LogP contribution in [0, 0.1) is 0 Å². The number of aryl methyl sites for hydroxylation is 1. The van der Waals surface area contributed by atoms with Gasteiger partial charge in [-0.25, -0.2) is 0 Å². The molecule has 0 amide bonds. The summed E-state index contributed by atoms with van der Waals surface area (Å²) >= 11 is 2.02. The molecular formula is C15H23NS. The minimum Gasteiger partial charge on any atom is -0.304 e. The topological polar surface area (TPSA) is 3.24 Å². The van der Waals surface area contributed by atoms with Crippen LogP contribution in [0.5, 0.6) is 0 Å². The minimum absolute atomic E-state index is 0.642. The third-order valence-corrected chi connectivity index (χ3v) is 4.81. The van der Waals surface area contributed by atoms with E-state index >= 15 is 0 Å². The summed E-state index contributed by atoms with van der Waals surface area (Å²) in [6.45, 7) is 5.66. The van der Waals surface area contributed by atoms with Crippen LogP contribution >= 0.6 is 11.8 Å². The van der Waals surface area contributed by atoms with Crippen molar-refractivity contribution in [3.8, 4) is 0 Å². The van der Waals surface area contributed by atoms with Crippen molar-refractivity contribution in [1.29, 1.82) is 0 Å². The summed E-state index contributed by atoms with van der Waals surface area (Å²) in [4.78, 5) is 3.92. The van der Waals surface area contributed by atoms with Gasteiger partial charge in [-0.2, -0.15) is 0 Å². The van der Waals surface area contributed by atoms with Crippen LogP contribution in [0.3, 0.4) is 0 Å². The fourth-order valence-electron chi connectivity index (χ4n) is 2.13. The van der Waals surface area contributed by atoms with E-state index in [-0.39, 0.29) is 0 Å². The highest BCUT2D eigenvalue weighted by molar-refractivity contribution is 7.99. The number of rotatable bonds is 4. The van der Waals surface area contributed by atoms with Gasteiger partial charge in [0.25, 0.3) is 0 Å². The first-order valence-corrected chi connectivity index (χ1v) is 7.60. The van der Waals surface area contributed by atoms with E-state index in [0.717, 1.165) is 6.54 Å². The van der Waals surface area contributed by atoms with Crippen LogP contribution in [0.2, 0.25) is 0 Å². The first kappa shape index (κ1) is 13.0. The average molecular weight is 249 g/mol. The van der Waals surface area contributed by atoms with Gasteiger partial charge in [0.15, 0.2) is 0 Å². The summed E-state index contributed by atoms with van der Waals surface area (Å²) in [7, 11) is 2.21. The van der Waals surface area contributed by atoms with Crippen molar-refractivity contribution in [3.63, 3.8) is 0 Å². The lowest BCUT2D eigenvalue weighted by Crippen LogP contribution is -2.28. The quantitative estimate of drug-likeness (QED) is 0.802. The Bertz CT molecular complexity index is 373. The molecule has 0 fully saturated rings. The predicted octanol–water partition coefficient (Wildman–Crippen LogP) is 3.61. The first-order chi connectivity index (χ1) is 8.16. The maximum absolute atomic E-state index is 2.43. The van der Waals surface area contributed by atoms with Gasteiger partial charge in [-0.15, -0.1) is 11.8 Å². The van der Waals surface area contributed by atoms with Crippen LogP contribution in [-0.2, 0) is 12.8 Å². The zero-order valence-corrected chi connectivity index (χ0v) is 12.0. The van der Waals surface area contributed by atoms with Gasteiger partial charge in [0.2, 0.25) is 0 Å². The van der Waals surface area contributed by atoms with Gasteiger partial charge >= 0.3 is 0 Å². The molecule has 0 bridgehead atoms. The molecule has 0 radical (unpaired) electrons. The Labute approximate surface area is 110 Å². The highest BCUT2D eigenvalue weighted by Gasteiger charge is 2.10. The molecule has 2 rings (SSSR count). The number of likely N-dealkylation sites (N-methyl/N-ethyl adjacent to an activating group) is 1. The lowest BCUT2D eigenvalue weighted by atomic mass is 10.0. The Morgan fingerprint density at radius 1 is 1.35 bits per heavy atom. The number of nitrogens with zero attached hydrogens (tertiary/aromatic N) is 1. The van der Waals surface area contributed by atoms with E-state index in [1.165, 1.54) is 35.5 Å². The standard InChI is InChI=1S/C15H23NS/c1-12(2)16(3)9-8-13-6-7-15-14(11-13)5-4-10-17-15/h6-7,11-12H,4-5,8-10H2,1-3H3. The minimum atomic E-state index is 0.642. The zero-order chi connectivity index (χ0) is 12.3. The fraction of sp³-hybridized carbons (Fsp3) is 0.600. The Hall–Kier alpha value is -0.470. The summed E-state index contributed by atoms with van der Waals surface area (Å²) < 4.78 is 0. The molecule has 0 saturated heterocycles. The van der Waals surface area contributed by atoms with Gasteiger partial charge in [-0.3, -0.25) is 0 Å². The van der Waals surface area contributed by atoms with Gasteiger partial charge in [0.05, 0.1) is 0 Å². The molecule has 0 saturated carbocycles. The molecule has 2 heteroatoms. The van der Waals surface area contributed by atoms with Crippen molar-refractivity contribution < 1.29 is 0 Å². The fourth-order valence-corrected chi connectivity index (χ4v) is 3.15. The second-order valence-corrected chi connectivity index (χ2v) is 6.36. The second-order valence-electron chi connectivity index (χ2n) is 5.22. The summed E-state index contributed by atoms with van der Waals surface area (Å²) in [6.07, 6.45) is 3.79. The number of hydrogen-bond acceptors (Lipinski definition) is 2. The highest BCUT2D eigenvalue weighted by Crippen LogP contribution is 2.30. The van der Waals surface area contributed by atoms with E-state index in [2.05, 4.69) is 44.0 Å². The van der Waals surface area contributed by atoms with Crippen LogP contribution in [0.4, 0.5) is 0 Å². The molecule has 0 unspecified atom stereocenters. The molecule has 94 valence electrons. The monoisotopic (exact) mass is 249 g/mol. The predicted molar refractivity (Wildman–Crippen MR) is 77.0 cm³/mol. The lowest BCUT2D eigenvalue weighted by molar-refractivity contribution is 0.277. The van der Waals surface area contributed by atoms with Crippen LogP contribution in [0.1, 0.15) is 31.4 Å². The molecule has 1 nitrogen and oxygen atoms in total. The van der Waals surface area contributed by atoms with E-state index in [4.69, 9.17) is 0 Å². The summed E-state index contributed by atoms with van der Waals surface area (Å²) in [6, 6.07) is 7.70. The molecule has 0 aromatic heterocycles. The van der Waals surface area contributed by atoms with Crippen LogP contribution in [0.15, 0.2) is 23.1 Å². The van der Waals surface area contributed by atoms with E-state index in [1.807, 2.05) is 11.8 Å². The smallest absolute Gasteiger partial charge is 0.0104 e. The van der Waals surface area contributed by atoms with E-state index in [1.54, 1.807) is 5.56 Å². The summed E-state index contributed by atoms with van der Waals surface area (Å²) in [5.74, 6) is 1.29. The average Bonchev–Trinajstić information content (AvgIpc) is 2.35. The molecule has 1 aliphatic rings. The Balaban J connectivity index is 1.97. The molecule has 0 N–H and O–H groups in total. The molecule has 1 aromatic rings. The maximum atomic E-state index is 2.43. The van der Waals surface area contributed by atoms with Crippen LogP contribution < -0.4 is 0 Å². The SMILES string of the molecule is CC(C)N(C)CCc1ccc2c(c1)CCCS2. The third kappa shape index (κ3) is 3.49. The van der Waals surface area contributed by atoms with Crippen molar-refractivity contribution in [2.24, 2.45) is 0 Å².